The molecule has 2 N–H and O–H groups in total. The van der Waals surface area contributed by atoms with Gasteiger partial charge in [-0.25, -0.2) is 8.42 Å². The molecule has 164 valence electrons. The Morgan fingerprint density at radius 1 is 1.00 bits per heavy atom. The number of benzene rings is 2. The monoisotopic (exact) mass is 471 g/mol. The largest absolute Gasteiger partial charge is 0.296 e. The summed E-state index contributed by atoms with van der Waals surface area (Å²) in [5, 5.41) is 11.4. The Morgan fingerprint density at radius 2 is 1.62 bits per heavy atom. The third-order valence-corrected chi connectivity index (χ3v) is 6.07. The van der Waals surface area contributed by atoms with Crippen molar-refractivity contribution in [1.82, 2.24) is 15.1 Å². The maximum Gasteiger partial charge on any atom is 0.261 e. The lowest BCUT2D eigenvalue weighted by molar-refractivity contribution is 0.0655. The highest BCUT2D eigenvalue weighted by atomic mass is 32.2. The molecule has 1 aliphatic heterocycles. The number of carbonyl (C=O) groups is 3. The van der Waals surface area contributed by atoms with Crippen LogP contribution in [0, 0.1) is 0 Å². The fourth-order valence-electron chi connectivity index (χ4n) is 3.13. The van der Waals surface area contributed by atoms with Crippen molar-refractivity contribution in [3.8, 4) is 0 Å². The zero-order valence-electron chi connectivity index (χ0n) is 16.7. The number of fused-ring (bicyclic) bond motifs is 1. The number of anilines is 2. The maximum absolute atomic E-state index is 12.4. The molecule has 0 saturated heterocycles. The van der Waals surface area contributed by atoms with Crippen molar-refractivity contribution in [2.45, 2.75) is 6.42 Å². The standard InChI is InChI=1S/C20H17N5O5S2/c1-32(29,30)24-13-8-6-12(7-9-13)17(26)21-20-23-22-16(31-20)10-11-25-18(27)14-4-2-3-5-15(14)19(25)28/h2-9,24H,10-11H2,1H3,(H,21,23,26). The molecular formula is C20H17N5O5S2. The van der Waals surface area contributed by atoms with Gasteiger partial charge in [-0.05, 0) is 36.4 Å². The number of amides is 3. The summed E-state index contributed by atoms with van der Waals surface area (Å²) in [6.07, 6.45) is 1.35. The molecule has 3 amide bonds. The van der Waals surface area contributed by atoms with Crippen molar-refractivity contribution in [2.75, 3.05) is 22.8 Å². The predicted octanol–water partition coefficient (Wildman–Crippen LogP) is 2.00. The van der Waals surface area contributed by atoms with Gasteiger partial charge in [-0.2, -0.15) is 0 Å². The third kappa shape index (κ3) is 4.65. The van der Waals surface area contributed by atoms with E-state index in [1.165, 1.54) is 29.2 Å². The molecule has 0 bridgehead atoms. The van der Waals surface area contributed by atoms with Crippen LogP contribution in [-0.2, 0) is 16.4 Å². The second-order valence-electron chi connectivity index (χ2n) is 6.96. The summed E-state index contributed by atoms with van der Waals surface area (Å²) in [5.41, 5.74) is 1.43. The van der Waals surface area contributed by atoms with Gasteiger partial charge < -0.3 is 0 Å². The van der Waals surface area contributed by atoms with Crippen molar-refractivity contribution >= 4 is 49.9 Å². The highest BCUT2D eigenvalue weighted by Gasteiger charge is 2.34. The highest BCUT2D eigenvalue weighted by Crippen LogP contribution is 2.24. The average Bonchev–Trinajstić information content (AvgIpc) is 3.29. The van der Waals surface area contributed by atoms with Gasteiger partial charge in [0.15, 0.2) is 0 Å². The van der Waals surface area contributed by atoms with Gasteiger partial charge in [-0.1, -0.05) is 23.5 Å². The molecule has 0 saturated carbocycles. The van der Waals surface area contributed by atoms with E-state index in [2.05, 4.69) is 20.2 Å². The van der Waals surface area contributed by atoms with E-state index >= 15 is 0 Å². The second-order valence-corrected chi connectivity index (χ2v) is 9.77. The molecular weight excluding hydrogens is 454 g/mol. The molecule has 1 aliphatic rings. The number of rotatable bonds is 7. The first-order valence-electron chi connectivity index (χ1n) is 9.38. The lowest BCUT2D eigenvalue weighted by Gasteiger charge is -2.12. The van der Waals surface area contributed by atoms with Gasteiger partial charge in [0.25, 0.3) is 17.7 Å². The van der Waals surface area contributed by atoms with E-state index in [0.29, 0.717) is 33.8 Å². The summed E-state index contributed by atoms with van der Waals surface area (Å²) in [7, 11) is -3.40. The molecule has 2 aromatic carbocycles. The molecule has 0 radical (unpaired) electrons. The third-order valence-electron chi connectivity index (χ3n) is 4.57. The van der Waals surface area contributed by atoms with Gasteiger partial charge in [0.05, 0.1) is 17.4 Å². The minimum Gasteiger partial charge on any atom is -0.296 e. The Morgan fingerprint density at radius 3 is 2.22 bits per heavy atom. The molecule has 2 heterocycles. The van der Waals surface area contributed by atoms with E-state index in [1.807, 2.05) is 0 Å². The van der Waals surface area contributed by atoms with Crippen LogP contribution >= 0.6 is 11.3 Å². The molecule has 0 atom stereocenters. The minimum absolute atomic E-state index is 0.156. The number of hydrogen-bond donors (Lipinski definition) is 2. The van der Waals surface area contributed by atoms with Gasteiger partial charge in [0.2, 0.25) is 15.2 Å². The maximum atomic E-state index is 12.4. The molecule has 4 rings (SSSR count). The van der Waals surface area contributed by atoms with E-state index in [1.54, 1.807) is 24.3 Å². The summed E-state index contributed by atoms with van der Waals surface area (Å²) in [4.78, 5) is 38.4. The van der Waals surface area contributed by atoms with E-state index in [0.717, 1.165) is 17.6 Å². The first kappa shape index (κ1) is 21.6. The van der Waals surface area contributed by atoms with Crippen LogP contribution in [0.4, 0.5) is 10.8 Å². The molecule has 12 heteroatoms. The zero-order chi connectivity index (χ0) is 22.9. The smallest absolute Gasteiger partial charge is 0.261 e. The van der Waals surface area contributed by atoms with Gasteiger partial charge in [-0.15, -0.1) is 10.2 Å². The van der Waals surface area contributed by atoms with Crippen LogP contribution in [0.1, 0.15) is 36.1 Å². The van der Waals surface area contributed by atoms with E-state index in [4.69, 9.17) is 0 Å². The Labute approximate surface area is 187 Å². The normalized spacial score (nSPS) is 13.2. The van der Waals surface area contributed by atoms with Crippen LogP contribution < -0.4 is 10.0 Å². The molecule has 10 nitrogen and oxygen atoms in total. The highest BCUT2D eigenvalue weighted by molar-refractivity contribution is 7.92. The summed E-state index contributed by atoms with van der Waals surface area (Å²) in [6, 6.07) is 12.6. The van der Waals surface area contributed by atoms with Gasteiger partial charge in [0.1, 0.15) is 5.01 Å². The fourth-order valence-corrected chi connectivity index (χ4v) is 4.42. The average molecular weight is 472 g/mol. The van der Waals surface area contributed by atoms with Crippen molar-refractivity contribution in [3.63, 3.8) is 0 Å². The van der Waals surface area contributed by atoms with Gasteiger partial charge in [0, 0.05) is 24.2 Å². The first-order valence-corrected chi connectivity index (χ1v) is 12.1. The number of aromatic nitrogens is 2. The lowest BCUT2D eigenvalue weighted by atomic mass is 10.1. The van der Waals surface area contributed by atoms with Crippen LogP contribution in [-0.4, -0.2) is 54.0 Å². The zero-order valence-corrected chi connectivity index (χ0v) is 18.4. The molecule has 32 heavy (non-hydrogen) atoms. The van der Waals surface area contributed by atoms with Crippen LogP contribution in [0.2, 0.25) is 0 Å². The van der Waals surface area contributed by atoms with Crippen LogP contribution in [0.15, 0.2) is 48.5 Å². The van der Waals surface area contributed by atoms with Crippen molar-refractivity contribution in [1.29, 1.82) is 0 Å². The van der Waals surface area contributed by atoms with Crippen molar-refractivity contribution in [3.05, 3.63) is 70.2 Å². The van der Waals surface area contributed by atoms with E-state index in [-0.39, 0.29) is 23.5 Å². The Kier molecular flexibility index (Phi) is 5.72. The first-order chi connectivity index (χ1) is 15.2. The van der Waals surface area contributed by atoms with Crippen molar-refractivity contribution < 1.29 is 22.8 Å². The lowest BCUT2D eigenvalue weighted by Crippen LogP contribution is -2.31. The number of sulfonamides is 1. The molecule has 0 aliphatic carbocycles. The number of carbonyl (C=O) groups excluding carboxylic acids is 3. The minimum atomic E-state index is -3.40. The SMILES string of the molecule is CS(=O)(=O)Nc1ccc(C(=O)Nc2nnc(CCN3C(=O)c4ccccc4C3=O)s2)cc1. The fraction of sp³-hybridized carbons (Fsp3) is 0.150. The molecule has 3 aromatic rings. The van der Waals surface area contributed by atoms with Crippen molar-refractivity contribution in [2.24, 2.45) is 0 Å². The number of nitrogens with zero attached hydrogens (tertiary/aromatic N) is 3. The molecule has 0 spiro atoms. The topological polar surface area (TPSA) is 138 Å². The summed E-state index contributed by atoms with van der Waals surface area (Å²) < 4.78 is 24.8. The quantitative estimate of drug-likeness (QED) is 0.503. The summed E-state index contributed by atoms with van der Waals surface area (Å²) in [5.74, 6) is -1.10. The molecule has 1 aromatic heterocycles. The molecule has 0 unspecified atom stereocenters. The van der Waals surface area contributed by atoms with Gasteiger partial charge in [-0.3, -0.25) is 29.3 Å². The van der Waals surface area contributed by atoms with Crippen LogP contribution in [0.5, 0.6) is 0 Å². The number of imide groups is 1. The van der Waals surface area contributed by atoms with Gasteiger partial charge >= 0.3 is 0 Å². The Bertz CT molecular complexity index is 1280. The van der Waals surface area contributed by atoms with E-state index < -0.39 is 15.9 Å². The van der Waals surface area contributed by atoms with Crippen LogP contribution in [0.3, 0.4) is 0 Å². The molecule has 0 fully saturated rings. The second kappa shape index (κ2) is 8.48. The van der Waals surface area contributed by atoms with Crippen LogP contribution in [0.25, 0.3) is 0 Å². The summed E-state index contributed by atoms with van der Waals surface area (Å²) in [6.45, 7) is 0.156. The number of nitrogens with one attached hydrogen (secondary N) is 2. The Balaban J connectivity index is 1.35. The summed E-state index contributed by atoms with van der Waals surface area (Å²) >= 11 is 1.14. The Hall–Kier alpha value is -3.64. The predicted molar refractivity (Wildman–Crippen MR) is 118 cm³/mol. The number of hydrogen-bond acceptors (Lipinski definition) is 8. The van der Waals surface area contributed by atoms with E-state index in [9.17, 15) is 22.8 Å².